The van der Waals surface area contributed by atoms with E-state index in [9.17, 15) is 9.59 Å². The number of ether oxygens (including phenoxy) is 2. The first-order chi connectivity index (χ1) is 14.8. The van der Waals surface area contributed by atoms with Gasteiger partial charge >= 0.3 is 5.97 Å². The summed E-state index contributed by atoms with van der Waals surface area (Å²) in [5.41, 5.74) is 6.59. The van der Waals surface area contributed by atoms with Gasteiger partial charge in [-0.25, -0.2) is 4.79 Å². The molecule has 0 aliphatic rings. The fraction of sp³-hybridized carbons (Fsp3) is 0.280. The largest absolute Gasteiger partial charge is 0.484 e. The number of anilines is 1. The lowest BCUT2D eigenvalue weighted by Gasteiger charge is -2.11. The Morgan fingerprint density at radius 2 is 1.61 bits per heavy atom. The molecule has 0 saturated heterocycles. The zero-order valence-electron chi connectivity index (χ0n) is 18.5. The Labute approximate surface area is 187 Å². The number of thiophene rings is 1. The molecular weight excluding hydrogens is 410 g/mol. The smallest absolute Gasteiger partial charge is 0.341 e. The fourth-order valence-corrected chi connectivity index (χ4v) is 4.07. The molecule has 0 atom stereocenters. The molecule has 5 nitrogen and oxygen atoms in total. The van der Waals surface area contributed by atoms with Gasteiger partial charge in [-0.15, -0.1) is 11.3 Å². The Morgan fingerprint density at radius 1 is 0.935 bits per heavy atom. The highest BCUT2D eigenvalue weighted by atomic mass is 32.1. The summed E-state index contributed by atoms with van der Waals surface area (Å²) in [7, 11) is 0. The summed E-state index contributed by atoms with van der Waals surface area (Å²) in [6.45, 7) is 9.95. The highest BCUT2D eigenvalue weighted by Crippen LogP contribution is 2.37. The third kappa shape index (κ3) is 5.33. The fourth-order valence-electron chi connectivity index (χ4n) is 3.09. The number of nitrogens with one attached hydrogen (secondary N) is 1. The molecule has 2 aromatic carbocycles. The molecule has 0 aliphatic carbocycles. The molecule has 0 saturated carbocycles. The number of esters is 1. The van der Waals surface area contributed by atoms with Crippen LogP contribution in [0.5, 0.6) is 5.75 Å². The molecule has 1 N–H and O–H groups in total. The molecule has 1 aromatic heterocycles. The van der Waals surface area contributed by atoms with Crippen LogP contribution >= 0.6 is 11.3 Å². The van der Waals surface area contributed by atoms with E-state index in [0.717, 1.165) is 27.8 Å². The number of aryl methyl sites for hydroxylation is 4. The summed E-state index contributed by atoms with van der Waals surface area (Å²) < 4.78 is 10.9. The van der Waals surface area contributed by atoms with Gasteiger partial charge < -0.3 is 14.8 Å². The molecule has 0 radical (unpaired) electrons. The Bertz CT molecular complexity index is 1120. The number of benzene rings is 2. The number of hydrogen-bond acceptors (Lipinski definition) is 5. The van der Waals surface area contributed by atoms with Gasteiger partial charge in [0.2, 0.25) is 0 Å². The van der Waals surface area contributed by atoms with Gasteiger partial charge in [0, 0.05) is 10.9 Å². The zero-order chi connectivity index (χ0) is 22.5. The molecule has 0 bridgehead atoms. The number of amides is 1. The second kappa shape index (κ2) is 9.79. The molecule has 6 heteroatoms. The first-order valence-electron chi connectivity index (χ1n) is 10.2. The monoisotopic (exact) mass is 437 g/mol. The Morgan fingerprint density at radius 3 is 2.26 bits per heavy atom. The van der Waals surface area contributed by atoms with E-state index in [-0.39, 0.29) is 19.1 Å². The molecule has 31 heavy (non-hydrogen) atoms. The standard InChI is InChI=1S/C25H27NO4S/c1-6-29-25(28)23-21(19-9-7-15(2)17(4)11-19)14-31-24(23)26-22(27)13-30-20-10-8-16(3)18(5)12-20/h7-12,14H,6,13H2,1-5H3,(H,26,27). The van der Waals surface area contributed by atoms with E-state index in [1.807, 2.05) is 69.5 Å². The molecule has 3 rings (SSSR count). The van der Waals surface area contributed by atoms with Crippen molar-refractivity contribution in [3.8, 4) is 16.9 Å². The molecule has 1 amide bonds. The average molecular weight is 438 g/mol. The Hall–Kier alpha value is -3.12. The van der Waals surface area contributed by atoms with Gasteiger partial charge in [0.15, 0.2) is 6.61 Å². The van der Waals surface area contributed by atoms with Crippen molar-refractivity contribution in [2.75, 3.05) is 18.5 Å². The van der Waals surface area contributed by atoms with Crippen LogP contribution in [0, 0.1) is 27.7 Å². The second-order valence-corrected chi connectivity index (χ2v) is 8.34. The number of rotatable bonds is 7. The summed E-state index contributed by atoms with van der Waals surface area (Å²) in [6.07, 6.45) is 0. The van der Waals surface area contributed by atoms with Crippen LogP contribution < -0.4 is 10.1 Å². The van der Waals surface area contributed by atoms with Crippen molar-refractivity contribution in [2.45, 2.75) is 34.6 Å². The van der Waals surface area contributed by atoms with Gasteiger partial charge in [-0.05, 0) is 74.6 Å². The SMILES string of the molecule is CCOC(=O)c1c(-c2ccc(C)c(C)c2)csc1NC(=O)COc1ccc(C)c(C)c1. The molecule has 0 unspecified atom stereocenters. The van der Waals surface area contributed by atoms with Crippen molar-refractivity contribution >= 4 is 28.2 Å². The minimum atomic E-state index is -0.456. The predicted octanol–water partition coefficient (Wildman–Crippen LogP) is 5.84. The summed E-state index contributed by atoms with van der Waals surface area (Å²) in [5.74, 6) is -0.162. The molecule has 1 heterocycles. The van der Waals surface area contributed by atoms with E-state index in [2.05, 4.69) is 5.32 Å². The number of carbonyl (C=O) groups excluding carboxylic acids is 2. The van der Waals surface area contributed by atoms with Crippen LogP contribution in [0.15, 0.2) is 41.8 Å². The third-order valence-electron chi connectivity index (χ3n) is 5.19. The van der Waals surface area contributed by atoms with Gasteiger partial charge in [0.05, 0.1) is 6.61 Å². The van der Waals surface area contributed by atoms with Crippen molar-refractivity contribution in [1.29, 1.82) is 0 Å². The number of carbonyl (C=O) groups is 2. The summed E-state index contributed by atoms with van der Waals surface area (Å²) in [4.78, 5) is 25.2. The second-order valence-electron chi connectivity index (χ2n) is 7.46. The van der Waals surface area contributed by atoms with Crippen LogP contribution in [0.4, 0.5) is 5.00 Å². The maximum absolute atomic E-state index is 12.7. The lowest BCUT2D eigenvalue weighted by atomic mass is 9.99. The normalized spacial score (nSPS) is 10.6. The molecule has 0 fully saturated rings. The average Bonchev–Trinajstić information content (AvgIpc) is 3.14. The topological polar surface area (TPSA) is 64.6 Å². The van der Waals surface area contributed by atoms with Gasteiger partial charge in [0.25, 0.3) is 5.91 Å². The van der Waals surface area contributed by atoms with Crippen LogP contribution in [0.25, 0.3) is 11.1 Å². The number of hydrogen-bond donors (Lipinski definition) is 1. The first kappa shape index (κ1) is 22.6. The Balaban J connectivity index is 1.82. The highest BCUT2D eigenvalue weighted by Gasteiger charge is 2.23. The minimum absolute atomic E-state index is 0.151. The van der Waals surface area contributed by atoms with Crippen LogP contribution in [-0.4, -0.2) is 25.1 Å². The third-order valence-corrected chi connectivity index (χ3v) is 6.09. The van der Waals surface area contributed by atoms with E-state index in [1.165, 1.54) is 16.9 Å². The van der Waals surface area contributed by atoms with E-state index in [4.69, 9.17) is 9.47 Å². The minimum Gasteiger partial charge on any atom is -0.484 e. The molecular formula is C25H27NO4S. The van der Waals surface area contributed by atoms with Crippen molar-refractivity contribution in [3.05, 3.63) is 69.6 Å². The van der Waals surface area contributed by atoms with Crippen molar-refractivity contribution in [1.82, 2.24) is 0 Å². The van der Waals surface area contributed by atoms with E-state index in [0.29, 0.717) is 16.3 Å². The Kier molecular flexibility index (Phi) is 7.13. The lowest BCUT2D eigenvalue weighted by molar-refractivity contribution is -0.118. The highest BCUT2D eigenvalue weighted by molar-refractivity contribution is 7.15. The van der Waals surface area contributed by atoms with Gasteiger partial charge in [-0.1, -0.05) is 24.3 Å². The molecule has 0 spiro atoms. The van der Waals surface area contributed by atoms with Crippen LogP contribution in [0.2, 0.25) is 0 Å². The van der Waals surface area contributed by atoms with Crippen LogP contribution in [0.1, 0.15) is 39.5 Å². The van der Waals surface area contributed by atoms with E-state index < -0.39 is 5.97 Å². The molecule has 3 aromatic rings. The first-order valence-corrected chi connectivity index (χ1v) is 11.0. The van der Waals surface area contributed by atoms with Gasteiger partial charge in [-0.2, -0.15) is 0 Å². The lowest BCUT2D eigenvalue weighted by Crippen LogP contribution is -2.21. The summed E-state index contributed by atoms with van der Waals surface area (Å²) in [6, 6.07) is 11.7. The zero-order valence-corrected chi connectivity index (χ0v) is 19.3. The van der Waals surface area contributed by atoms with E-state index >= 15 is 0 Å². The quantitative estimate of drug-likeness (QED) is 0.472. The van der Waals surface area contributed by atoms with Crippen molar-refractivity contribution < 1.29 is 19.1 Å². The maximum Gasteiger partial charge on any atom is 0.341 e. The summed E-state index contributed by atoms with van der Waals surface area (Å²) >= 11 is 1.30. The summed E-state index contributed by atoms with van der Waals surface area (Å²) in [5, 5.41) is 5.15. The van der Waals surface area contributed by atoms with Crippen LogP contribution in [0.3, 0.4) is 0 Å². The van der Waals surface area contributed by atoms with Crippen molar-refractivity contribution in [2.24, 2.45) is 0 Å². The van der Waals surface area contributed by atoms with Crippen molar-refractivity contribution in [3.63, 3.8) is 0 Å². The predicted molar refractivity (Wildman–Crippen MR) is 125 cm³/mol. The van der Waals surface area contributed by atoms with Crippen LogP contribution in [-0.2, 0) is 9.53 Å². The van der Waals surface area contributed by atoms with Gasteiger partial charge in [-0.3, -0.25) is 4.79 Å². The van der Waals surface area contributed by atoms with E-state index in [1.54, 1.807) is 6.92 Å². The molecule has 162 valence electrons. The van der Waals surface area contributed by atoms with Gasteiger partial charge in [0.1, 0.15) is 16.3 Å². The maximum atomic E-state index is 12.7. The molecule has 0 aliphatic heterocycles.